The maximum absolute atomic E-state index is 11.9. The van der Waals surface area contributed by atoms with E-state index in [4.69, 9.17) is 5.11 Å². The van der Waals surface area contributed by atoms with Crippen molar-refractivity contribution in [2.45, 2.75) is 6.92 Å². The van der Waals surface area contributed by atoms with E-state index in [1.807, 2.05) is 31.2 Å². The molecule has 0 spiro atoms. The minimum absolute atomic E-state index is 0.358. The van der Waals surface area contributed by atoms with E-state index < -0.39 is 12.0 Å². The molecule has 2 N–H and O–H groups in total. The summed E-state index contributed by atoms with van der Waals surface area (Å²) >= 11 is 0. The number of nitrogens with zero attached hydrogens (tertiary/aromatic N) is 2. The number of carboxylic acids is 1. The van der Waals surface area contributed by atoms with Crippen molar-refractivity contribution >= 4 is 28.6 Å². The number of carbonyl (C=O) groups excluding carboxylic acids is 1. The van der Waals surface area contributed by atoms with Crippen molar-refractivity contribution in [2.24, 2.45) is 0 Å². The van der Waals surface area contributed by atoms with Crippen LogP contribution in [0.15, 0.2) is 30.3 Å². The highest BCUT2D eigenvalue weighted by Gasteiger charge is 2.13. The summed E-state index contributed by atoms with van der Waals surface area (Å²) in [6.07, 6.45) is 0. The van der Waals surface area contributed by atoms with Crippen LogP contribution >= 0.6 is 0 Å². The lowest BCUT2D eigenvalue weighted by atomic mass is 10.2. The number of fused-ring (bicyclic) bond motifs is 1. The van der Waals surface area contributed by atoms with Crippen molar-refractivity contribution < 1.29 is 14.7 Å². The predicted molar refractivity (Wildman–Crippen MR) is 75.8 cm³/mol. The Morgan fingerprint density at radius 2 is 2.05 bits per heavy atom. The number of para-hydroxylation sites is 1. The maximum atomic E-state index is 11.9. The van der Waals surface area contributed by atoms with E-state index in [-0.39, 0.29) is 6.54 Å². The van der Waals surface area contributed by atoms with Crippen LogP contribution in [0.25, 0.3) is 10.9 Å². The number of urea groups is 1. The number of aliphatic carboxylic acids is 1. The summed E-state index contributed by atoms with van der Waals surface area (Å²) in [6, 6.07) is 8.79. The Kier molecular flexibility index (Phi) is 3.84. The topological polar surface area (TPSA) is 82.5 Å². The number of carboxylic acid groups (broad SMARTS) is 1. The van der Waals surface area contributed by atoms with Gasteiger partial charge < -0.3 is 15.3 Å². The maximum Gasteiger partial charge on any atom is 0.323 e. The smallest absolute Gasteiger partial charge is 0.323 e. The fraction of sp³-hybridized carbons (Fsp3) is 0.214. The van der Waals surface area contributed by atoms with Gasteiger partial charge in [0, 0.05) is 18.1 Å². The zero-order chi connectivity index (χ0) is 14.7. The van der Waals surface area contributed by atoms with E-state index in [9.17, 15) is 9.59 Å². The molecule has 0 fully saturated rings. The first-order valence-corrected chi connectivity index (χ1v) is 6.07. The molecule has 0 aliphatic carbocycles. The number of benzene rings is 1. The van der Waals surface area contributed by atoms with Crippen LogP contribution in [-0.4, -0.2) is 40.6 Å². The largest absolute Gasteiger partial charge is 0.480 e. The molecule has 2 amide bonds. The number of rotatable bonds is 3. The van der Waals surface area contributed by atoms with Gasteiger partial charge in [0.1, 0.15) is 6.54 Å². The van der Waals surface area contributed by atoms with Gasteiger partial charge >= 0.3 is 12.0 Å². The molecule has 20 heavy (non-hydrogen) atoms. The van der Waals surface area contributed by atoms with Crippen molar-refractivity contribution in [3.8, 4) is 0 Å². The molecule has 1 aromatic heterocycles. The molecular weight excluding hydrogens is 258 g/mol. The third kappa shape index (κ3) is 3.03. The number of aromatic nitrogens is 1. The quantitative estimate of drug-likeness (QED) is 0.897. The van der Waals surface area contributed by atoms with E-state index in [1.54, 1.807) is 6.07 Å². The monoisotopic (exact) mass is 273 g/mol. The van der Waals surface area contributed by atoms with E-state index in [2.05, 4.69) is 10.3 Å². The number of nitrogens with one attached hydrogen (secondary N) is 1. The molecule has 1 aromatic carbocycles. The second-order valence-electron chi connectivity index (χ2n) is 4.51. The first-order valence-electron chi connectivity index (χ1n) is 6.07. The lowest BCUT2D eigenvalue weighted by molar-refractivity contribution is -0.137. The molecule has 104 valence electrons. The summed E-state index contributed by atoms with van der Waals surface area (Å²) in [7, 11) is 1.42. The Morgan fingerprint density at radius 1 is 1.30 bits per heavy atom. The van der Waals surface area contributed by atoms with Crippen LogP contribution < -0.4 is 5.32 Å². The van der Waals surface area contributed by atoms with Crippen molar-refractivity contribution in [3.63, 3.8) is 0 Å². The van der Waals surface area contributed by atoms with Gasteiger partial charge in [0.05, 0.1) is 11.2 Å². The Hall–Kier alpha value is -2.63. The number of pyridine rings is 1. The molecule has 0 bridgehead atoms. The molecule has 6 heteroatoms. The molecule has 1 heterocycles. The second kappa shape index (κ2) is 5.56. The van der Waals surface area contributed by atoms with Crippen LogP contribution in [0.2, 0.25) is 0 Å². The minimum atomic E-state index is -1.06. The first-order chi connectivity index (χ1) is 9.47. The Balaban J connectivity index is 2.27. The number of anilines is 1. The summed E-state index contributed by atoms with van der Waals surface area (Å²) < 4.78 is 0. The average molecular weight is 273 g/mol. The van der Waals surface area contributed by atoms with Crippen molar-refractivity contribution in [1.29, 1.82) is 0 Å². The molecule has 0 saturated heterocycles. The van der Waals surface area contributed by atoms with E-state index >= 15 is 0 Å². The van der Waals surface area contributed by atoms with Crippen molar-refractivity contribution in [3.05, 3.63) is 36.0 Å². The van der Waals surface area contributed by atoms with Gasteiger partial charge in [0.15, 0.2) is 0 Å². The third-order valence-corrected chi connectivity index (χ3v) is 2.82. The SMILES string of the molecule is Cc1ccc2cccc(NC(=O)N(C)CC(=O)O)c2n1. The fourth-order valence-electron chi connectivity index (χ4n) is 1.83. The van der Waals surface area contributed by atoms with Crippen molar-refractivity contribution in [2.75, 3.05) is 18.9 Å². The molecule has 0 aliphatic heterocycles. The number of aryl methyl sites for hydroxylation is 1. The van der Waals surface area contributed by atoms with Crippen LogP contribution in [0, 0.1) is 6.92 Å². The van der Waals surface area contributed by atoms with Crippen LogP contribution in [0.1, 0.15) is 5.69 Å². The van der Waals surface area contributed by atoms with Crippen LogP contribution in [-0.2, 0) is 4.79 Å². The summed E-state index contributed by atoms with van der Waals surface area (Å²) in [5.74, 6) is -1.06. The standard InChI is InChI=1S/C14H15N3O3/c1-9-6-7-10-4-3-5-11(13(10)15-9)16-14(20)17(2)8-12(18)19/h3-7H,8H2,1-2H3,(H,16,20)(H,18,19). The highest BCUT2D eigenvalue weighted by Crippen LogP contribution is 2.21. The number of likely N-dealkylation sites (N-methyl/N-ethyl adjacent to an activating group) is 1. The average Bonchev–Trinajstić information content (AvgIpc) is 2.38. The minimum Gasteiger partial charge on any atom is -0.480 e. The number of amides is 2. The summed E-state index contributed by atoms with van der Waals surface area (Å²) in [4.78, 5) is 28.0. The summed E-state index contributed by atoms with van der Waals surface area (Å²) in [5.41, 5.74) is 2.09. The van der Waals surface area contributed by atoms with Gasteiger partial charge in [-0.05, 0) is 19.1 Å². The normalized spacial score (nSPS) is 10.3. The second-order valence-corrected chi connectivity index (χ2v) is 4.51. The molecule has 0 unspecified atom stereocenters. The highest BCUT2D eigenvalue weighted by molar-refractivity contribution is 6.00. The van der Waals surface area contributed by atoms with Gasteiger partial charge in [0.2, 0.25) is 0 Å². The highest BCUT2D eigenvalue weighted by atomic mass is 16.4. The van der Waals surface area contributed by atoms with E-state index in [1.165, 1.54) is 7.05 Å². The zero-order valence-corrected chi connectivity index (χ0v) is 11.3. The Labute approximate surface area is 116 Å². The number of hydrogen-bond donors (Lipinski definition) is 2. The van der Waals surface area contributed by atoms with Gasteiger partial charge in [-0.15, -0.1) is 0 Å². The zero-order valence-electron chi connectivity index (χ0n) is 11.3. The van der Waals surface area contributed by atoms with E-state index in [0.717, 1.165) is 16.0 Å². The van der Waals surface area contributed by atoms with E-state index in [0.29, 0.717) is 11.2 Å². The number of hydrogen-bond acceptors (Lipinski definition) is 3. The molecule has 6 nitrogen and oxygen atoms in total. The van der Waals surface area contributed by atoms with Gasteiger partial charge in [-0.25, -0.2) is 4.79 Å². The van der Waals surface area contributed by atoms with Crippen molar-refractivity contribution in [1.82, 2.24) is 9.88 Å². The van der Waals surface area contributed by atoms with Gasteiger partial charge in [-0.1, -0.05) is 18.2 Å². The Bertz CT molecular complexity index is 670. The molecule has 2 rings (SSSR count). The van der Waals surface area contributed by atoms with Gasteiger partial charge in [0.25, 0.3) is 0 Å². The summed E-state index contributed by atoms with van der Waals surface area (Å²) in [6.45, 7) is 1.51. The van der Waals surface area contributed by atoms with Gasteiger partial charge in [-0.2, -0.15) is 0 Å². The first kappa shape index (κ1) is 13.8. The molecule has 2 aromatic rings. The van der Waals surface area contributed by atoms with Gasteiger partial charge in [-0.3, -0.25) is 9.78 Å². The molecule has 0 saturated carbocycles. The molecule has 0 radical (unpaired) electrons. The lowest BCUT2D eigenvalue weighted by Crippen LogP contribution is -2.35. The predicted octanol–water partition coefficient (Wildman–Crippen LogP) is 2.09. The molecular formula is C14H15N3O3. The molecule has 0 aliphatic rings. The lowest BCUT2D eigenvalue weighted by Gasteiger charge is -2.16. The van der Waals surface area contributed by atoms with Crippen LogP contribution in [0.5, 0.6) is 0 Å². The Morgan fingerprint density at radius 3 is 2.75 bits per heavy atom. The third-order valence-electron chi connectivity index (χ3n) is 2.82. The summed E-state index contributed by atoms with van der Waals surface area (Å²) in [5, 5.41) is 12.3. The van der Waals surface area contributed by atoms with Crippen LogP contribution in [0.4, 0.5) is 10.5 Å². The fourth-order valence-corrected chi connectivity index (χ4v) is 1.83. The van der Waals surface area contributed by atoms with Crippen LogP contribution in [0.3, 0.4) is 0 Å². The number of carbonyl (C=O) groups is 2. The molecule has 0 atom stereocenters.